The maximum absolute atomic E-state index is 11.1. The van der Waals surface area contributed by atoms with Crippen LogP contribution in [0.15, 0.2) is 67.8 Å². The van der Waals surface area contributed by atoms with Gasteiger partial charge in [0.25, 0.3) is 0 Å². The van der Waals surface area contributed by atoms with E-state index in [1.165, 1.54) is 3.71 Å². The van der Waals surface area contributed by atoms with Crippen molar-refractivity contribution < 1.29 is 4.79 Å². The van der Waals surface area contributed by atoms with Crippen LogP contribution in [-0.4, -0.2) is 10.1 Å². The minimum absolute atomic E-state index is 0.630. The van der Waals surface area contributed by atoms with Gasteiger partial charge in [-0.05, 0) is 36.1 Å². The van der Waals surface area contributed by atoms with Crippen molar-refractivity contribution in [1.82, 2.24) is 3.71 Å². The molecule has 0 bridgehead atoms. The number of aryl methyl sites for hydroxylation is 2. The maximum Gasteiger partial charge on any atom is 0.232 e. The van der Waals surface area contributed by atoms with Crippen LogP contribution in [0.4, 0.5) is 11.4 Å². The summed E-state index contributed by atoms with van der Waals surface area (Å²) in [6, 6.07) is 15.5. The van der Waals surface area contributed by atoms with Crippen LogP contribution < -0.4 is 0 Å². The van der Waals surface area contributed by atoms with Crippen LogP contribution in [0.25, 0.3) is 0 Å². The van der Waals surface area contributed by atoms with Crippen molar-refractivity contribution in [3.05, 3.63) is 59.7 Å². The molecule has 0 saturated carbocycles. The van der Waals surface area contributed by atoms with Crippen molar-refractivity contribution >= 4 is 42.1 Å². The van der Waals surface area contributed by atoms with Gasteiger partial charge in [0.05, 0.1) is 11.4 Å². The van der Waals surface area contributed by atoms with E-state index in [9.17, 15) is 4.79 Å². The molecule has 0 aromatic heterocycles. The molecular weight excluding hydrogens is 354 g/mol. The summed E-state index contributed by atoms with van der Waals surface area (Å²) in [5, 5.41) is 8.32. The van der Waals surface area contributed by atoms with E-state index < -0.39 is 0 Å². The summed E-state index contributed by atoms with van der Waals surface area (Å²) in [7, 11) is 0. The van der Waals surface area contributed by atoms with Gasteiger partial charge in [-0.2, -0.15) is 3.71 Å². The Morgan fingerprint density at radius 1 is 0.840 bits per heavy atom. The van der Waals surface area contributed by atoms with Gasteiger partial charge in [0.1, 0.15) is 24.3 Å². The molecule has 1 amide bonds. The molecule has 0 aliphatic carbocycles. The highest BCUT2D eigenvalue weighted by Gasteiger charge is 2.04. The molecule has 2 aromatic carbocycles. The van der Waals surface area contributed by atoms with E-state index in [0.29, 0.717) is 6.41 Å². The van der Waals surface area contributed by atoms with Crippen LogP contribution in [0.2, 0.25) is 0 Å². The Bertz CT molecular complexity index is 692. The van der Waals surface area contributed by atoms with Crippen molar-refractivity contribution in [3.8, 4) is 0 Å². The zero-order valence-electron chi connectivity index (χ0n) is 14.1. The highest BCUT2D eigenvalue weighted by molar-refractivity contribution is 8.11. The van der Waals surface area contributed by atoms with E-state index in [-0.39, 0.29) is 0 Å². The summed E-state index contributed by atoms with van der Waals surface area (Å²) < 4.78 is 9.24. The summed E-state index contributed by atoms with van der Waals surface area (Å²) in [4.78, 5) is 11.1. The standard InChI is InChI=1S/C17H19N5OS2/c1-3-14-9-5-7-11-16(14)18-20-24-22(13-23)25-21-19-17-12-8-6-10-15(17)4-2/h5-13H,3-4H2,1-2H3/b20-18+,21-19+. The Kier molecular flexibility index (Phi) is 8.14. The Balaban J connectivity index is 1.93. The van der Waals surface area contributed by atoms with Crippen LogP contribution >= 0.6 is 24.3 Å². The third-order valence-corrected chi connectivity index (χ3v) is 4.57. The molecule has 0 atom stereocenters. The fraction of sp³-hybridized carbons (Fsp3) is 0.235. The third-order valence-electron chi connectivity index (χ3n) is 3.36. The second kappa shape index (κ2) is 10.6. The zero-order valence-corrected chi connectivity index (χ0v) is 15.7. The van der Waals surface area contributed by atoms with Crippen molar-refractivity contribution in [3.63, 3.8) is 0 Å². The molecule has 0 heterocycles. The average molecular weight is 374 g/mol. The molecule has 0 N–H and O–H groups in total. The Hall–Kier alpha value is -2.19. The van der Waals surface area contributed by atoms with Crippen LogP contribution in [0.3, 0.4) is 0 Å². The predicted octanol–water partition coefficient (Wildman–Crippen LogP) is 6.26. The van der Waals surface area contributed by atoms with E-state index in [2.05, 4.69) is 33.1 Å². The molecular formula is C17H19N5OS2. The third kappa shape index (κ3) is 5.99. The van der Waals surface area contributed by atoms with Crippen molar-refractivity contribution in [2.45, 2.75) is 26.7 Å². The Morgan fingerprint density at radius 2 is 1.28 bits per heavy atom. The molecule has 130 valence electrons. The molecule has 0 aliphatic rings. The quantitative estimate of drug-likeness (QED) is 0.296. The van der Waals surface area contributed by atoms with Gasteiger partial charge in [-0.25, -0.2) is 0 Å². The molecule has 0 radical (unpaired) electrons. The summed E-state index contributed by atoms with van der Waals surface area (Å²) in [6.07, 6.45) is 2.37. The number of rotatable bonds is 9. The molecule has 0 fully saturated rings. The second-order valence-corrected chi connectivity index (χ2v) is 6.55. The van der Waals surface area contributed by atoms with Gasteiger partial charge in [0, 0.05) is 0 Å². The molecule has 2 aromatic rings. The molecule has 0 saturated heterocycles. The molecule has 6 nitrogen and oxygen atoms in total. The first-order valence-corrected chi connectivity index (χ1v) is 9.31. The maximum atomic E-state index is 11.1. The van der Waals surface area contributed by atoms with Gasteiger partial charge in [-0.15, -0.1) is 10.2 Å². The van der Waals surface area contributed by atoms with E-state index in [0.717, 1.165) is 59.6 Å². The van der Waals surface area contributed by atoms with Gasteiger partial charge in [0.15, 0.2) is 0 Å². The lowest BCUT2D eigenvalue weighted by Gasteiger charge is -2.05. The highest BCUT2D eigenvalue weighted by atomic mass is 32.2. The number of hydrogen-bond donors (Lipinski definition) is 0. The number of hydrogen-bond acceptors (Lipinski definition) is 7. The highest BCUT2D eigenvalue weighted by Crippen LogP contribution is 2.27. The SMILES string of the molecule is CCc1ccccc1/N=N/SN(C=O)S/N=N/c1ccccc1CC. The van der Waals surface area contributed by atoms with Crippen LogP contribution in [0, 0.1) is 0 Å². The monoisotopic (exact) mass is 373 g/mol. The first-order valence-electron chi connectivity index (χ1n) is 7.85. The van der Waals surface area contributed by atoms with E-state index in [4.69, 9.17) is 0 Å². The van der Waals surface area contributed by atoms with Crippen LogP contribution in [0.5, 0.6) is 0 Å². The first kappa shape index (κ1) is 19.1. The number of nitrogens with zero attached hydrogens (tertiary/aromatic N) is 5. The number of carbonyl (C=O) groups is 1. The predicted molar refractivity (Wildman–Crippen MR) is 104 cm³/mol. The zero-order chi connectivity index (χ0) is 17.9. The number of benzene rings is 2. The molecule has 25 heavy (non-hydrogen) atoms. The van der Waals surface area contributed by atoms with Gasteiger partial charge >= 0.3 is 0 Å². The van der Waals surface area contributed by atoms with E-state index in [1.807, 2.05) is 48.5 Å². The van der Waals surface area contributed by atoms with E-state index >= 15 is 0 Å². The fourth-order valence-electron chi connectivity index (χ4n) is 2.06. The molecule has 0 spiro atoms. The van der Waals surface area contributed by atoms with Gasteiger partial charge in [-0.3, -0.25) is 4.79 Å². The minimum atomic E-state index is 0.630. The lowest BCUT2D eigenvalue weighted by atomic mass is 10.1. The normalized spacial score (nSPS) is 11.3. The van der Waals surface area contributed by atoms with Gasteiger partial charge in [-0.1, -0.05) is 59.3 Å². The molecule has 0 aliphatic heterocycles. The Labute approximate surface area is 156 Å². The van der Waals surface area contributed by atoms with Gasteiger partial charge < -0.3 is 0 Å². The van der Waals surface area contributed by atoms with Crippen LogP contribution in [-0.2, 0) is 17.6 Å². The van der Waals surface area contributed by atoms with E-state index in [1.54, 1.807) is 0 Å². The summed E-state index contributed by atoms with van der Waals surface area (Å²) in [5.74, 6) is 0. The number of carbonyl (C=O) groups excluding carboxylic acids is 1. The van der Waals surface area contributed by atoms with Crippen molar-refractivity contribution in [1.29, 1.82) is 0 Å². The average Bonchev–Trinajstić information content (AvgIpc) is 2.67. The lowest BCUT2D eigenvalue weighted by Crippen LogP contribution is -1.98. The largest absolute Gasteiger partial charge is 0.277 e. The summed E-state index contributed by atoms with van der Waals surface area (Å²) in [6.45, 7) is 4.12. The summed E-state index contributed by atoms with van der Waals surface area (Å²) in [5.41, 5.74) is 3.81. The Morgan fingerprint density at radius 3 is 1.68 bits per heavy atom. The van der Waals surface area contributed by atoms with Crippen LogP contribution in [0.1, 0.15) is 25.0 Å². The van der Waals surface area contributed by atoms with Crippen molar-refractivity contribution in [2.75, 3.05) is 0 Å². The minimum Gasteiger partial charge on any atom is -0.277 e. The lowest BCUT2D eigenvalue weighted by molar-refractivity contribution is -0.110. The fourth-order valence-corrected chi connectivity index (χ4v) is 2.83. The second-order valence-electron chi connectivity index (χ2n) is 4.88. The summed E-state index contributed by atoms with van der Waals surface area (Å²) >= 11 is 1.83. The molecule has 0 unspecified atom stereocenters. The van der Waals surface area contributed by atoms with Gasteiger partial charge in [0.2, 0.25) is 6.41 Å². The first-order chi connectivity index (χ1) is 12.3. The topological polar surface area (TPSA) is 69.8 Å². The van der Waals surface area contributed by atoms with Crippen molar-refractivity contribution in [2.24, 2.45) is 19.3 Å². The smallest absolute Gasteiger partial charge is 0.232 e. The number of amides is 1. The molecule has 8 heteroatoms. The molecule has 2 rings (SSSR count).